The van der Waals surface area contributed by atoms with Crippen molar-refractivity contribution in [3.05, 3.63) is 53.7 Å². The second-order valence-electron chi connectivity index (χ2n) is 4.21. The van der Waals surface area contributed by atoms with Crippen molar-refractivity contribution in [1.82, 2.24) is 4.98 Å². The van der Waals surface area contributed by atoms with Gasteiger partial charge in [-0.1, -0.05) is 18.2 Å². The first-order valence-electron chi connectivity index (χ1n) is 6.16. The van der Waals surface area contributed by atoms with Gasteiger partial charge in [-0.15, -0.1) is 0 Å². The van der Waals surface area contributed by atoms with E-state index in [2.05, 4.69) is 4.98 Å². The molecule has 0 radical (unpaired) electrons. The molecule has 0 fully saturated rings. The molecule has 1 aromatic carbocycles. The molecule has 0 aliphatic heterocycles. The van der Waals surface area contributed by atoms with E-state index in [1.807, 2.05) is 43.0 Å². The summed E-state index contributed by atoms with van der Waals surface area (Å²) in [5.74, 6) is -0.484. The number of anilines is 2. The summed E-state index contributed by atoms with van der Waals surface area (Å²) in [5, 5.41) is 9.26. The molecule has 0 aliphatic rings. The summed E-state index contributed by atoms with van der Waals surface area (Å²) >= 11 is 0. The number of para-hydroxylation sites is 1. The summed E-state index contributed by atoms with van der Waals surface area (Å²) in [7, 11) is 0. The zero-order chi connectivity index (χ0) is 13.8. The van der Waals surface area contributed by atoms with Crippen molar-refractivity contribution in [3.8, 4) is 0 Å². The van der Waals surface area contributed by atoms with Crippen molar-refractivity contribution in [2.75, 3.05) is 11.4 Å². The summed E-state index contributed by atoms with van der Waals surface area (Å²) in [6.07, 6.45) is 1.61. The zero-order valence-electron chi connectivity index (χ0n) is 11.0. The van der Waals surface area contributed by atoms with Crippen LogP contribution in [0.15, 0.2) is 42.6 Å². The lowest BCUT2D eigenvalue weighted by Gasteiger charge is -2.25. The fourth-order valence-electron chi connectivity index (χ4n) is 2.08. The molecule has 0 aliphatic carbocycles. The van der Waals surface area contributed by atoms with Gasteiger partial charge in [0.25, 0.3) is 0 Å². The van der Waals surface area contributed by atoms with Crippen LogP contribution in [0.25, 0.3) is 0 Å². The van der Waals surface area contributed by atoms with E-state index in [0.29, 0.717) is 12.4 Å². The van der Waals surface area contributed by atoms with Crippen molar-refractivity contribution in [2.45, 2.75) is 13.8 Å². The molecule has 1 N–H and O–H groups in total. The van der Waals surface area contributed by atoms with Gasteiger partial charge in [-0.2, -0.15) is 0 Å². The van der Waals surface area contributed by atoms with Crippen LogP contribution in [-0.2, 0) is 0 Å². The third-order valence-electron chi connectivity index (χ3n) is 3.00. The highest BCUT2D eigenvalue weighted by Crippen LogP contribution is 2.28. The third kappa shape index (κ3) is 2.57. The van der Waals surface area contributed by atoms with Crippen LogP contribution in [0.5, 0.6) is 0 Å². The van der Waals surface area contributed by atoms with E-state index in [-0.39, 0.29) is 5.56 Å². The average Bonchev–Trinajstić information content (AvgIpc) is 2.42. The van der Waals surface area contributed by atoms with Gasteiger partial charge < -0.3 is 10.0 Å². The number of carboxylic acid groups (broad SMARTS) is 1. The molecule has 2 aromatic rings. The van der Waals surface area contributed by atoms with Crippen molar-refractivity contribution < 1.29 is 9.90 Å². The highest BCUT2D eigenvalue weighted by molar-refractivity contribution is 5.94. The van der Waals surface area contributed by atoms with E-state index < -0.39 is 5.97 Å². The lowest BCUT2D eigenvalue weighted by atomic mass is 10.1. The number of benzene rings is 1. The van der Waals surface area contributed by atoms with Crippen LogP contribution in [0.1, 0.15) is 22.8 Å². The van der Waals surface area contributed by atoms with E-state index in [1.54, 1.807) is 18.3 Å². The molecule has 1 heterocycles. The maximum absolute atomic E-state index is 11.3. The Labute approximate surface area is 112 Å². The Morgan fingerprint density at radius 1 is 1.26 bits per heavy atom. The Bertz CT molecular complexity index is 596. The summed E-state index contributed by atoms with van der Waals surface area (Å²) in [6, 6.07) is 11.1. The Morgan fingerprint density at radius 2 is 2.00 bits per heavy atom. The van der Waals surface area contributed by atoms with Crippen molar-refractivity contribution >= 4 is 17.5 Å². The highest BCUT2D eigenvalue weighted by Gasteiger charge is 2.18. The number of nitrogens with zero attached hydrogens (tertiary/aromatic N) is 2. The molecule has 0 spiro atoms. The van der Waals surface area contributed by atoms with Gasteiger partial charge in [0.1, 0.15) is 11.4 Å². The minimum atomic E-state index is -0.963. The number of rotatable bonds is 4. The first-order chi connectivity index (χ1) is 9.15. The molecule has 19 heavy (non-hydrogen) atoms. The van der Waals surface area contributed by atoms with Gasteiger partial charge in [-0.05, 0) is 37.6 Å². The second kappa shape index (κ2) is 5.52. The minimum absolute atomic E-state index is 0.215. The predicted octanol–water partition coefficient (Wildman–Crippen LogP) is 3.25. The van der Waals surface area contributed by atoms with E-state index in [9.17, 15) is 9.90 Å². The number of aromatic carboxylic acids is 1. The van der Waals surface area contributed by atoms with E-state index in [0.717, 1.165) is 11.3 Å². The summed E-state index contributed by atoms with van der Waals surface area (Å²) in [5.41, 5.74) is 2.28. The average molecular weight is 256 g/mol. The van der Waals surface area contributed by atoms with Crippen LogP contribution >= 0.6 is 0 Å². The normalized spacial score (nSPS) is 10.2. The van der Waals surface area contributed by atoms with Gasteiger partial charge in [0.2, 0.25) is 0 Å². The number of carbonyl (C=O) groups is 1. The van der Waals surface area contributed by atoms with Crippen LogP contribution in [-0.4, -0.2) is 22.6 Å². The molecule has 1 aromatic heterocycles. The summed E-state index contributed by atoms with van der Waals surface area (Å²) < 4.78 is 0. The molecule has 4 heteroatoms. The number of aryl methyl sites for hydroxylation is 1. The van der Waals surface area contributed by atoms with E-state index in [4.69, 9.17) is 0 Å². The Balaban J connectivity index is 2.55. The Kier molecular flexibility index (Phi) is 3.80. The van der Waals surface area contributed by atoms with Crippen LogP contribution in [0, 0.1) is 6.92 Å². The molecular formula is C15H16N2O2. The highest BCUT2D eigenvalue weighted by atomic mass is 16.4. The molecule has 0 saturated carbocycles. The first kappa shape index (κ1) is 13.1. The number of carboxylic acids is 1. The van der Waals surface area contributed by atoms with E-state index >= 15 is 0 Å². The van der Waals surface area contributed by atoms with Crippen molar-refractivity contribution in [2.24, 2.45) is 0 Å². The number of aromatic nitrogens is 1. The fourth-order valence-corrected chi connectivity index (χ4v) is 2.08. The summed E-state index contributed by atoms with van der Waals surface area (Å²) in [4.78, 5) is 17.4. The van der Waals surface area contributed by atoms with Gasteiger partial charge in [0.05, 0.1) is 0 Å². The van der Waals surface area contributed by atoms with Crippen LogP contribution in [0.3, 0.4) is 0 Å². The van der Waals surface area contributed by atoms with Crippen molar-refractivity contribution in [1.29, 1.82) is 0 Å². The van der Waals surface area contributed by atoms with Gasteiger partial charge in [0.15, 0.2) is 0 Å². The molecule has 0 bridgehead atoms. The first-order valence-corrected chi connectivity index (χ1v) is 6.16. The topological polar surface area (TPSA) is 53.4 Å². The minimum Gasteiger partial charge on any atom is -0.478 e. The molecule has 0 atom stereocenters. The molecule has 0 saturated heterocycles. The molecule has 2 rings (SSSR count). The number of pyridine rings is 1. The Morgan fingerprint density at radius 3 is 2.63 bits per heavy atom. The molecular weight excluding hydrogens is 240 g/mol. The Hall–Kier alpha value is -2.36. The lowest BCUT2D eigenvalue weighted by molar-refractivity contribution is 0.0697. The third-order valence-corrected chi connectivity index (χ3v) is 3.00. The molecule has 0 amide bonds. The zero-order valence-corrected chi connectivity index (χ0v) is 11.0. The van der Waals surface area contributed by atoms with Gasteiger partial charge in [0, 0.05) is 18.4 Å². The molecule has 0 unspecified atom stereocenters. The quantitative estimate of drug-likeness (QED) is 0.912. The number of hydrogen-bond donors (Lipinski definition) is 1. The smallest absolute Gasteiger partial charge is 0.339 e. The van der Waals surface area contributed by atoms with Crippen LogP contribution in [0.4, 0.5) is 11.5 Å². The van der Waals surface area contributed by atoms with Gasteiger partial charge in [-0.25, -0.2) is 9.78 Å². The standard InChI is InChI=1S/C15H16N2O2/c1-3-17(13-9-5-4-7-11(13)2)14-12(15(18)19)8-6-10-16-14/h4-10H,3H2,1-2H3,(H,18,19). The predicted molar refractivity (Wildman–Crippen MR) is 75.1 cm³/mol. The van der Waals surface area contributed by atoms with Crippen LogP contribution < -0.4 is 4.90 Å². The maximum Gasteiger partial charge on any atom is 0.339 e. The van der Waals surface area contributed by atoms with Gasteiger partial charge in [-0.3, -0.25) is 0 Å². The van der Waals surface area contributed by atoms with Crippen molar-refractivity contribution in [3.63, 3.8) is 0 Å². The largest absolute Gasteiger partial charge is 0.478 e. The molecule has 4 nitrogen and oxygen atoms in total. The second-order valence-corrected chi connectivity index (χ2v) is 4.21. The monoisotopic (exact) mass is 256 g/mol. The molecule has 98 valence electrons. The lowest BCUT2D eigenvalue weighted by Crippen LogP contribution is -2.21. The fraction of sp³-hybridized carbons (Fsp3) is 0.200. The van der Waals surface area contributed by atoms with Crippen LogP contribution in [0.2, 0.25) is 0 Å². The van der Waals surface area contributed by atoms with Gasteiger partial charge >= 0.3 is 5.97 Å². The summed E-state index contributed by atoms with van der Waals surface area (Å²) in [6.45, 7) is 4.64. The van der Waals surface area contributed by atoms with E-state index in [1.165, 1.54) is 0 Å². The maximum atomic E-state index is 11.3. The SMILES string of the molecule is CCN(c1ccccc1C)c1ncccc1C(=O)O. The number of hydrogen-bond acceptors (Lipinski definition) is 3.